The normalized spacial score (nSPS) is 10.4. The third-order valence-electron chi connectivity index (χ3n) is 3.27. The molecular weight excluding hydrogens is 298 g/mol. The molecule has 1 aromatic heterocycles. The molecule has 2 aromatic carbocycles. The van der Waals surface area contributed by atoms with Crippen LogP contribution in [0.5, 0.6) is 0 Å². The Bertz CT molecular complexity index is 960. The molecule has 0 radical (unpaired) electrons. The van der Waals surface area contributed by atoms with Crippen molar-refractivity contribution in [1.82, 2.24) is 0 Å². The number of aliphatic carboxylic acids is 1. The highest BCUT2D eigenvalue weighted by molar-refractivity contribution is 6.36. The lowest BCUT2D eigenvalue weighted by atomic mass is 10.1. The molecular formula is C17H11NO5. The molecule has 2 N–H and O–H groups in total. The third kappa shape index (κ3) is 2.69. The fourth-order valence-electron chi connectivity index (χ4n) is 2.22. The summed E-state index contributed by atoms with van der Waals surface area (Å²) in [5.74, 6) is -2.87. The van der Waals surface area contributed by atoms with Gasteiger partial charge in [-0.2, -0.15) is 0 Å². The first-order valence-electron chi connectivity index (χ1n) is 6.73. The number of anilines is 1. The van der Waals surface area contributed by atoms with Crippen LogP contribution in [-0.2, 0) is 9.59 Å². The van der Waals surface area contributed by atoms with Gasteiger partial charge in [0.05, 0.1) is 5.39 Å². The van der Waals surface area contributed by atoms with E-state index in [-0.39, 0.29) is 16.8 Å². The predicted molar refractivity (Wildman–Crippen MR) is 84.2 cm³/mol. The standard InChI is InChI=1S/C17H11NO5/c19-14-11-8-4-5-9-12(11)23-15(10-6-2-1-3-7-10)13(14)18-16(20)17(21)22/h1-9H,(H,18,20)(H,21,22). The molecule has 1 heterocycles. The molecule has 0 aliphatic rings. The molecule has 0 unspecified atom stereocenters. The smallest absolute Gasteiger partial charge is 0.394 e. The molecule has 3 aromatic rings. The molecule has 0 atom stereocenters. The molecule has 0 fully saturated rings. The first-order chi connectivity index (χ1) is 11.1. The van der Waals surface area contributed by atoms with Crippen molar-refractivity contribution in [2.75, 3.05) is 5.32 Å². The van der Waals surface area contributed by atoms with Crippen molar-refractivity contribution in [2.45, 2.75) is 0 Å². The highest BCUT2D eigenvalue weighted by Crippen LogP contribution is 2.28. The molecule has 0 aliphatic carbocycles. The summed E-state index contributed by atoms with van der Waals surface area (Å²) in [5.41, 5.74) is 0.211. The van der Waals surface area contributed by atoms with Crippen molar-refractivity contribution >= 4 is 28.5 Å². The van der Waals surface area contributed by atoms with Crippen LogP contribution in [0, 0.1) is 0 Å². The predicted octanol–water partition coefficient (Wildman–Crippen LogP) is 2.48. The van der Waals surface area contributed by atoms with E-state index in [4.69, 9.17) is 9.52 Å². The van der Waals surface area contributed by atoms with Gasteiger partial charge in [-0.25, -0.2) is 4.79 Å². The monoisotopic (exact) mass is 309 g/mol. The SMILES string of the molecule is O=C(O)C(=O)Nc1c(-c2ccccc2)oc2ccccc2c1=O. The Kier molecular flexibility index (Phi) is 3.64. The lowest BCUT2D eigenvalue weighted by molar-refractivity contribution is -0.147. The Hall–Kier alpha value is -3.41. The van der Waals surface area contributed by atoms with Gasteiger partial charge in [0, 0.05) is 5.56 Å². The summed E-state index contributed by atoms with van der Waals surface area (Å²) in [7, 11) is 0. The molecule has 1 amide bonds. The van der Waals surface area contributed by atoms with Crippen LogP contribution in [0.15, 0.2) is 63.8 Å². The second kappa shape index (κ2) is 5.76. The van der Waals surface area contributed by atoms with Gasteiger partial charge in [-0.15, -0.1) is 0 Å². The van der Waals surface area contributed by atoms with E-state index in [1.54, 1.807) is 54.6 Å². The molecule has 23 heavy (non-hydrogen) atoms. The lowest BCUT2D eigenvalue weighted by Crippen LogP contribution is -2.26. The van der Waals surface area contributed by atoms with Crippen molar-refractivity contribution < 1.29 is 19.1 Å². The van der Waals surface area contributed by atoms with Gasteiger partial charge in [-0.3, -0.25) is 9.59 Å². The molecule has 6 nitrogen and oxygen atoms in total. The molecule has 0 saturated carbocycles. The molecule has 0 spiro atoms. The summed E-state index contributed by atoms with van der Waals surface area (Å²) < 4.78 is 5.73. The second-order valence-corrected chi connectivity index (χ2v) is 4.76. The van der Waals surface area contributed by atoms with Crippen LogP contribution >= 0.6 is 0 Å². The highest BCUT2D eigenvalue weighted by atomic mass is 16.4. The van der Waals surface area contributed by atoms with E-state index in [1.807, 2.05) is 0 Å². The van der Waals surface area contributed by atoms with Gasteiger partial charge >= 0.3 is 11.9 Å². The zero-order valence-corrected chi connectivity index (χ0v) is 11.8. The maximum Gasteiger partial charge on any atom is 0.394 e. The number of carbonyl (C=O) groups is 2. The van der Waals surface area contributed by atoms with Gasteiger partial charge in [-0.1, -0.05) is 42.5 Å². The van der Waals surface area contributed by atoms with Crippen LogP contribution in [0.2, 0.25) is 0 Å². The minimum Gasteiger partial charge on any atom is -0.474 e. The Morgan fingerprint density at radius 3 is 2.30 bits per heavy atom. The summed E-state index contributed by atoms with van der Waals surface area (Å²) in [6.07, 6.45) is 0. The fourth-order valence-corrected chi connectivity index (χ4v) is 2.22. The fraction of sp³-hybridized carbons (Fsp3) is 0. The number of fused-ring (bicyclic) bond motifs is 1. The molecule has 0 saturated heterocycles. The van der Waals surface area contributed by atoms with Crippen molar-refractivity contribution in [3.05, 3.63) is 64.8 Å². The van der Waals surface area contributed by atoms with E-state index in [0.29, 0.717) is 11.1 Å². The average Bonchev–Trinajstić information content (AvgIpc) is 2.57. The maximum absolute atomic E-state index is 12.6. The van der Waals surface area contributed by atoms with Crippen LogP contribution < -0.4 is 10.7 Å². The topological polar surface area (TPSA) is 96.6 Å². The van der Waals surface area contributed by atoms with Crippen LogP contribution in [0.1, 0.15) is 0 Å². The van der Waals surface area contributed by atoms with Crippen LogP contribution in [0.25, 0.3) is 22.3 Å². The van der Waals surface area contributed by atoms with Gasteiger partial charge < -0.3 is 14.8 Å². The van der Waals surface area contributed by atoms with Crippen molar-refractivity contribution in [2.24, 2.45) is 0 Å². The molecule has 3 rings (SSSR count). The quantitative estimate of drug-likeness (QED) is 0.709. The highest BCUT2D eigenvalue weighted by Gasteiger charge is 2.20. The zero-order valence-electron chi connectivity index (χ0n) is 11.8. The van der Waals surface area contributed by atoms with E-state index in [0.717, 1.165) is 0 Å². The second-order valence-electron chi connectivity index (χ2n) is 4.76. The number of hydrogen-bond acceptors (Lipinski definition) is 4. The van der Waals surface area contributed by atoms with Crippen LogP contribution in [-0.4, -0.2) is 17.0 Å². The number of hydrogen-bond donors (Lipinski definition) is 2. The number of carboxylic acid groups (broad SMARTS) is 1. The number of amides is 1. The average molecular weight is 309 g/mol. The maximum atomic E-state index is 12.6. The number of rotatable bonds is 2. The number of para-hydroxylation sites is 1. The first-order valence-corrected chi connectivity index (χ1v) is 6.73. The largest absolute Gasteiger partial charge is 0.474 e. The van der Waals surface area contributed by atoms with E-state index in [2.05, 4.69) is 5.32 Å². The van der Waals surface area contributed by atoms with Gasteiger partial charge in [-0.05, 0) is 12.1 Å². The Morgan fingerprint density at radius 2 is 1.61 bits per heavy atom. The zero-order chi connectivity index (χ0) is 16.4. The summed E-state index contributed by atoms with van der Waals surface area (Å²) in [4.78, 5) is 34.9. The van der Waals surface area contributed by atoms with Crippen molar-refractivity contribution in [3.8, 4) is 11.3 Å². The van der Waals surface area contributed by atoms with Crippen LogP contribution in [0.4, 0.5) is 5.69 Å². The Morgan fingerprint density at radius 1 is 0.957 bits per heavy atom. The van der Waals surface area contributed by atoms with Gasteiger partial charge in [0.25, 0.3) is 0 Å². The third-order valence-corrected chi connectivity index (χ3v) is 3.27. The molecule has 0 aliphatic heterocycles. The van der Waals surface area contributed by atoms with Crippen molar-refractivity contribution in [3.63, 3.8) is 0 Å². The van der Waals surface area contributed by atoms with Crippen LogP contribution in [0.3, 0.4) is 0 Å². The van der Waals surface area contributed by atoms with E-state index >= 15 is 0 Å². The van der Waals surface area contributed by atoms with Gasteiger partial charge in [0.1, 0.15) is 11.3 Å². The summed E-state index contributed by atoms with van der Waals surface area (Å²) in [6.45, 7) is 0. The van der Waals surface area contributed by atoms with E-state index < -0.39 is 17.3 Å². The Labute approximate surface area is 130 Å². The Balaban J connectivity index is 2.30. The summed E-state index contributed by atoms with van der Waals surface area (Å²) in [6, 6.07) is 15.2. The van der Waals surface area contributed by atoms with E-state index in [1.165, 1.54) is 0 Å². The van der Waals surface area contributed by atoms with Gasteiger partial charge in [0.2, 0.25) is 5.43 Å². The lowest BCUT2D eigenvalue weighted by Gasteiger charge is -2.10. The number of nitrogens with one attached hydrogen (secondary N) is 1. The van der Waals surface area contributed by atoms with E-state index in [9.17, 15) is 14.4 Å². The molecule has 6 heteroatoms. The number of benzene rings is 2. The summed E-state index contributed by atoms with van der Waals surface area (Å²) in [5, 5.41) is 11.1. The molecule has 0 bridgehead atoms. The first kappa shape index (κ1) is 14.5. The minimum absolute atomic E-state index is 0.115. The summed E-state index contributed by atoms with van der Waals surface area (Å²) >= 11 is 0. The van der Waals surface area contributed by atoms with Crippen molar-refractivity contribution in [1.29, 1.82) is 0 Å². The molecule has 114 valence electrons. The number of carbonyl (C=O) groups excluding carboxylic acids is 1. The number of carboxylic acids is 1. The minimum atomic E-state index is -1.68. The van der Waals surface area contributed by atoms with Gasteiger partial charge in [0.15, 0.2) is 5.76 Å².